The average Bonchev–Trinajstić information content (AvgIpc) is 1.69. The zero-order chi connectivity index (χ0) is 6.12. The van der Waals surface area contributed by atoms with Gasteiger partial charge in [-0.05, 0) is 10.4 Å². The summed E-state index contributed by atoms with van der Waals surface area (Å²) in [5.74, 6) is 0. The summed E-state index contributed by atoms with van der Waals surface area (Å²) in [5, 5.41) is 15.2. The molecule has 7 heavy (non-hydrogen) atoms. The van der Waals surface area contributed by atoms with E-state index in [4.69, 9.17) is 21.3 Å². The van der Waals surface area contributed by atoms with Gasteiger partial charge in [0.05, 0.1) is 13.2 Å². The lowest BCUT2D eigenvalue weighted by molar-refractivity contribution is 0.186. The molecular weight excluding hydrogens is 98.0 g/mol. The minimum absolute atomic E-state index is 0.125. The molecule has 0 aromatic carbocycles. The molecule has 0 amide bonds. The first-order chi connectivity index (χ1) is 3.33. The Kier molecular flexibility index (Phi) is 25.6. The summed E-state index contributed by atoms with van der Waals surface area (Å²) in [6.45, 7) is -0.250. The van der Waals surface area contributed by atoms with Crippen molar-refractivity contribution >= 4 is 0 Å². The van der Waals surface area contributed by atoms with Gasteiger partial charge in [0.1, 0.15) is 0 Å². The second kappa shape index (κ2) is 18.8. The van der Waals surface area contributed by atoms with Crippen LogP contribution in [0.4, 0.5) is 0 Å². The van der Waals surface area contributed by atoms with Gasteiger partial charge in [-0.15, -0.1) is 5.53 Å². The van der Waals surface area contributed by atoms with E-state index in [2.05, 4.69) is 0 Å². The number of aliphatic hydroxyl groups excluding tert-OH is 2. The first-order valence-electron chi connectivity index (χ1n) is 1.56. The van der Waals surface area contributed by atoms with Crippen LogP contribution in [0.25, 0.3) is 10.4 Å². The monoisotopic (exact) mass is 105 g/mol. The van der Waals surface area contributed by atoms with Crippen molar-refractivity contribution in [2.75, 3.05) is 13.2 Å². The van der Waals surface area contributed by atoms with Crippen molar-refractivity contribution in [1.82, 2.24) is 0 Å². The largest absolute Gasteiger partial charge is 0.394 e. The molecule has 5 heteroatoms. The molecular formula is C2H7N3O2. The number of aliphatic hydroxyl groups is 2. The van der Waals surface area contributed by atoms with Gasteiger partial charge in [-0.1, -0.05) is 0 Å². The van der Waals surface area contributed by atoms with Gasteiger partial charge in [-0.2, -0.15) is 0 Å². The first kappa shape index (κ1) is 9.52. The highest BCUT2D eigenvalue weighted by atomic mass is 16.3. The van der Waals surface area contributed by atoms with E-state index in [0.717, 1.165) is 0 Å². The Morgan fingerprint density at radius 1 is 1.43 bits per heavy atom. The van der Waals surface area contributed by atoms with Gasteiger partial charge in [-0.3, -0.25) is 0 Å². The fourth-order valence-electron chi connectivity index (χ4n) is 0. The first-order valence-corrected chi connectivity index (χ1v) is 1.56. The summed E-state index contributed by atoms with van der Waals surface area (Å²) >= 11 is 0. The fraction of sp³-hybridized carbons (Fsp3) is 1.00. The van der Waals surface area contributed by atoms with Crippen molar-refractivity contribution in [2.45, 2.75) is 0 Å². The maximum absolute atomic E-state index is 7.62. The van der Waals surface area contributed by atoms with Crippen LogP contribution < -0.4 is 0 Å². The molecule has 0 aliphatic carbocycles. The van der Waals surface area contributed by atoms with Crippen LogP contribution in [0.5, 0.6) is 0 Å². The molecule has 3 N–H and O–H groups in total. The van der Waals surface area contributed by atoms with Crippen molar-refractivity contribution in [1.29, 1.82) is 5.53 Å². The Hall–Kier alpha value is -0.770. The lowest BCUT2D eigenvalue weighted by Gasteiger charge is -1.70. The molecule has 0 aliphatic rings. The van der Waals surface area contributed by atoms with Gasteiger partial charge in [0, 0.05) is 0 Å². The summed E-state index contributed by atoms with van der Waals surface area (Å²) in [4.78, 5) is 1.75. The van der Waals surface area contributed by atoms with E-state index in [1.165, 1.54) is 0 Å². The maximum Gasteiger partial charge on any atom is 0.0662 e. The lowest BCUT2D eigenvalue weighted by Crippen LogP contribution is -1.85. The SMILES string of the molecule is OCCO.[N-]=[N+]=N. The van der Waals surface area contributed by atoms with E-state index >= 15 is 0 Å². The third-order valence-electron chi connectivity index (χ3n) is 0.1000. The van der Waals surface area contributed by atoms with Crippen LogP contribution in [0, 0.1) is 5.53 Å². The molecule has 0 unspecified atom stereocenters. The van der Waals surface area contributed by atoms with Crippen LogP contribution in [0.3, 0.4) is 0 Å². The van der Waals surface area contributed by atoms with E-state index in [1.807, 2.05) is 0 Å². The molecule has 0 spiro atoms. The van der Waals surface area contributed by atoms with Crippen LogP contribution in [0.1, 0.15) is 0 Å². The van der Waals surface area contributed by atoms with E-state index in [0.29, 0.717) is 0 Å². The van der Waals surface area contributed by atoms with Crippen LogP contribution in [0.15, 0.2) is 0 Å². The molecule has 0 fully saturated rings. The van der Waals surface area contributed by atoms with Crippen LogP contribution >= 0.6 is 0 Å². The van der Waals surface area contributed by atoms with Gasteiger partial charge in [0.2, 0.25) is 0 Å². The standard InChI is InChI=1S/C2H6O2.HN3/c3-1-2-4;1-3-2/h3-4H,1-2H2;1H. The topological polar surface area (TPSA) is 101 Å². The van der Waals surface area contributed by atoms with Crippen LogP contribution in [-0.2, 0) is 0 Å². The van der Waals surface area contributed by atoms with Gasteiger partial charge in [0.25, 0.3) is 0 Å². The zero-order valence-corrected chi connectivity index (χ0v) is 3.70. The highest BCUT2D eigenvalue weighted by molar-refractivity contribution is 4.18. The molecule has 0 bridgehead atoms. The third-order valence-corrected chi connectivity index (χ3v) is 0.1000. The number of rotatable bonds is 1. The number of hydrogen-bond acceptors (Lipinski definition) is 3. The van der Waals surface area contributed by atoms with Crippen molar-refractivity contribution in [3.8, 4) is 0 Å². The predicted octanol–water partition coefficient (Wildman–Crippen LogP) is -0.154. The fourth-order valence-corrected chi connectivity index (χ4v) is 0. The van der Waals surface area contributed by atoms with Crippen LogP contribution in [-0.4, -0.2) is 23.4 Å². The Bertz CT molecular complexity index is 46.9. The quantitative estimate of drug-likeness (QED) is 0.245. The predicted molar refractivity (Wildman–Crippen MR) is 23.6 cm³/mol. The minimum atomic E-state index is -0.125. The van der Waals surface area contributed by atoms with Gasteiger partial charge < -0.3 is 10.2 Å². The third kappa shape index (κ3) is 1030. The number of nitrogens with zero attached hydrogens (tertiary/aromatic N) is 2. The van der Waals surface area contributed by atoms with Crippen LogP contribution in [0.2, 0.25) is 0 Å². The van der Waals surface area contributed by atoms with E-state index in [9.17, 15) is 0 Å². The van der Waals surface area contributed by atoms with Gasteiger partial charge in [0.15, 0.2) is 0 Å². The second-order valence-corrected chi connectivity index (χ2v) is 0.547. The summed E-state index contributed by atoms with van der Waals surface area (Å²) in [5.41, 5.74) is 12.2. The molecule has 0 saturated heterocycles. The molecule has 0 aromatic rings. The van der Waals surface area contributed by atoms with Crippen molar-refractivity contribution < 1.29 is 10.2 Å². The van der Waals surface area contributed by atoms with Crippen molar-refractivity contribution in [3.63, 3.8) is 0 Å². The molecule has 0 aromatic heterocycles. The van der Waals surface area contributed by atoms with Crippen molar-refractivity contribution in [2.24, 2.45) is 0 Å². The Morgan fingerprint density at radius 3 is 1.57 bits per heavy atom. The summed E-state index contributed by atoms with van der Waals surface area (Å²) in [7, 11) is 0. The normalized spacial score (nSPS) is 5.43. The summed E-state index contributed by atoms with van der Waals surface area (Å²) in [6, 6.07) is 0. The molecule has 42 valence electrons. The van der Waals surface area contributed by atoms with E-state index in [-0.39, 0.29) is 13.2 Å². The molecule has 5 nitrogen and oxygen atoms in total. The van der Waals surface area contributed by atoms with Crippen molar-refractivity contribution in [3.05, 3.63) is 10.4 Å². The molecule has 0 radical (unpaired) electrons. The average molecular weight is 105 g/mol. The highest BCUT2D eigenvalue weighted by Gasteiger charge is 1.58. The van der Waals surface area contributed by atoms with E-state index < -0.39 is 0 Å². The number of nitrogens with one attached hydrogen (secondary N) is 1. The number of hydrogen-bond donors (Lipinski definition) is 3. The summed E-state index contributed by atoms with van der Waals surface area (Å²) < 4.78 is 0. The van der Waals surface area contributed by atoms with E-state index in [1.54, 1.807) is 4.91 Å². The molecule has 0 heterocycles. The highest BCUT2D eigenvalue weighted by Crippen LogP contribution is 1.39. The second-order valence-electron chi connectivity index (χ2n) is 0.547. The van der Waals surface area contributed by atoms with Gasteiger partial charge >= 0.3 is 0 Å². The lowest BCUT2D eigenvalue weighted by atomic mass is 10.8. The molecule has 0 atom stereocenters. The molecule has 0 saturated carbocycles. The smallest absolute Gasteiger partial charge is 0.0662 e. The minimum Gasteiger partial charge on any atom is -0.394 e. The van der Waals surface area contributed by atoms with Gasteiger partial charge in [-0.25, -0.2) is 0 Å². The molecule has 0 rings (SSSR count). The zero-order valence-electron chi connectivity index (χ0n) is 3.70. The molecule has 0 aliphatic heterocycles. The maximum atomic E-state index is 7.62. The Balaban J connectivity index is 0. The summed E-state index contributed by atoms with van der Waals surface area (Å²) in [6.07, 6.45) is 0. The Labute approximate surface area is 40.6 Å². The Morgan fingerprint density at radius 2 is 1.57 bits per heavy atom.